The molecule has 0 radical (unpaired) electrons. The number of phenolic OH excluding ortho intramolecular Hbond substituents is 1. The molecule has 0 aliphatic rings. The third-order valence-corrected chi connectivity index (χ3v) is 5.31. The van der Waals surface area contributed by atoms with Crippen molar-refractivity contribution < 1.29 is 9.90 Å². The molecule has 0 spiro atoms. The van der Waals surface area contributed by atoms with Gasteiger partial charge in [-0.25, -0.2) is 4.79 Å². The highest BCUT2D eigenvalue weighted by atomic mass is 35.5. The van der Waals surface area contributed by atoms with Crippen LogP contribution in [0.2, 0.25) is 5.02 Å². The summed E-state index contributed by atoms with van der Waals surface area (Å²) in [5.74, 6) is -0.0151. The number of rotatable bonds is 5. The van der Waals surface area contributed by atoms with Crippen molar-refractivity contribution in [3.63, 3.8) is 0 Å². The van der Waals surface area contributed by atoms with Gasteiger partial charge in [-0.3, -0.25) is 4.79 Å². The zero-order valence-corrected chi connectivity index (χ0v) is 18.0. The number of carbonyl (C=O) groups is 1. The average molecular weight is 446 g/mol. The smallest absolute Gasteiger partial charge is 0.345 e. The largest absolute Gasteiger partial charge is 0.508 e. The van der Waals surface area contributed by atoms with Gasteiger partial charge in [0.05, 0.1) is 11.4 Å². The molecule has 0 atom stereocenters. The minimum atomic E-state index is -0.479. The predicted octanol–water partition coefficient (Wildman–Crippen LogP) is 4.70. The highest BCUT2D eigenvalue weighted by molar-refractivity contribution is 6.30. The lowest BCUT2D eigenvalue weighted by molar-refractivity contribution is 0.0951. The Balaban J connectivity index is 1.52. The van der Waals surface area contributed by atoms with Crippen molar-refractivity contribution >= 4 is 17.5 Å². The Labute approximate surface area is 189 Å². The fourth-order valence-corrected chi connectivity index (χ4v) is 3.39. The molecule has 0 unspecified atom stereocenters. The molecule has 0 fully saturated rings. The van der Waals surface area contributed by atoms with Crippen LogP contribution in [0.15, 0.2) is 77.6 Å². The van der Waals surface area contributed by atoms with Crippen LogP contribution in [0.25, 0.3) is 22.5 Å². The maximum absolute atomic E-state index is 12.5. The van der Waals surface area contributed by atoms with Crippen LogP contribution in [0, 0.1) is 6.92 Å². The van der Waals surface area contributed by atoms with E-state index in [0.29, 0.717) is 34.1 Å². The van der Waals surface area contributed by atoms with Gasteiger partial charge in [0.15, 0.2) is 0 Å². The number of amides is 1. The Morgan fingerprint density at radius 3 is 2.38 bits per heavy atom. The van der Waals surface area contributed by atoms with Crippen molar-refractivity contribution in [2.24, 2.45) is 0 Å². The van der Waals surface area contributed by atoms with Crippen LogP contribution in [-0.4, -0.2) is 21.0 Å². The molecule has 0 bridgehead atoms. The van der Waals surface area contributed by atoms with E-state index in [1.807, 2.05) is 12.1 Å². The fourth-order valence-electron chi connectivity index (χ4n) is 3.26. The maximum atomic E-state index is 12.5. The number of carbonyl (C=O) groups excluding carboxylic acids is 1. The molecular weight excluding hydrogens is 426 g/mol. The third-order valence-electron chi connectivity index (χ3n) is 5.06. The summed E-state index contributed by atoms with van der Waals surface area (Å²) in [7, 11) is 0. The number of halogens is 1. The molecule has 0 aliphatic heterocycles. The van der Waals surface area contributed by atoms with Gasteiger partial charge in [0.1, 0.15) is 5.75 Å². The highest BCUT2D eigenvalue weighted by Crippen LogP contribution is 2.26. The monoisotopic (exact) mass is 445 g/mol. The first kappa shape index (κ1) is 21.3. The van der Waals surface area contributed by atoms with Crippen molar-refractivity contribution in [1.82, 2.24) is 15.3 Å². The minimum absolute atomic E-state index is 0.184. The van der Waals surface area contributed by atoms with E-state index in [1.54, 1.807) is 67.6 Å². The number of aromatic nitrogens is 2. The SMILES string of the molecule is Cc1cc(-c2cc(-c3ccc(C(=O)NCc4ccc(Cl)cc4)cc3)[nH]c(=O)n2)ccc1O. The topological polar surface area (TPSA) is 95.1 Å². The third kappa shape index (κ3) is 4.87. The van der Waals surface area contributed by atoms with Gasteiger partial charge in [-0.05, 0) is 72.1 Å². The highest BCUT2D eigenvalue weighted by Gasteiger charge is 2.10. The quantitative estimate of drug-likeness (QED) is 0.415. The van der Waals surface area contributed by atoms with Crippen molar-refractivity contribution in [2.45, 2.75) is 13.5 Å². The number of hydrogen-bond donors (Lipinski definition) is 3. The lowest BCUT2D eigenvalue weighted by Crippen LogP contribution is -2.22. The van der Waals surface area contributed by atoms with Gasteiger partial charge in [-0.15, -0.1) is 0 Å². The van der Waals surface area contributed by atoms with Gasteiger partial charge in [0, 0.05) is 22.7 Å². The number of aromatic hydroxyl groups is 1. The fraction of sp³-hybridized carbons (Fsp3) is 0.0800. The summed E-state index contributed by atoms with van der Waals surface area (Å²) in [5, 5.41) is 13.3. The predicted molar refractivity (Wildman–Crippen MR) is 125 cm³/mol. The molecule has 1 aromatic heterocycles. The standard InChI is InChI=1S/C25H20ClN3O3/c1-15-12-19(8-11-23(15)30)22-13-21(28-25(32)29-22)17-4-6-18(7-5-17)24(31)27-14-16-2-9-20(26)10-3-16/h2-13,30H,14H2,1H3,(H,27,31)(H,28,29,32). The first-order valence-corrected chi connectivity index (χ1v) is 10.3. The van der Waals surface area contributed by atoms with Crippen molar-refractivity contribution in [1.29, 1.82) is 0 Å². The number of H-pyrrole nitrogens is 1. The number of nitrogens with zero attached hydrogens (tertiary/aromatic N) is 1. The summed E-state index contributed by atoms with van der Waals surface area (Å²) >= 11 is 5.88. The van der Waals surface area contributed by atoms with E-state index in [2.05, 4.69) is 15.3 Å². The molecule has 6 nitrogen and oxygen atoms in total. The summed E-state index contributed by atoms with van der Waals surface area (Å²) in [6.07, 6.45) is 0. The average Bonchev–Trinajstić information content (AvgIpc) is 2.80. The number of aryl methyl sites for hydroxylation is 1. The normalized spacial score (nSPS) is 10.7. The van der Waals surface area contributed by atoms with E-state index in [0.717, 1.165) is 16.7 Å². The molecule has 3 aromatic carbocycles. The van der Waals surface area contributed by atoms with Crippen LogP contribution in [0.3, 0.4) is 0 Å². The number of benzene rings is 3. The number of phenols is 1. The maximum Gasteiger partial charge on any atom is 0.345 e. The Bertz CT molecular complexity index is 1330. The van der Waals surface area contributed by atoms with Crippen LogP contribution in [0.1, 0.15) is 21.5 Å². The Morgan fingerprint density at radius 1 is 1.00 bits per heavy atom. The number of aromatic amines is 1. The van der Waals surface area contributed by atoms with E-state index in [-0.39, 0.29) is 11.7 Å². The minimum Gasteiger partial charge on any atom is -0.508 e. The summed E-state index contributed by atoms with van der Waals surface area (Å²) in [4.78, 5) is 31.4. The molecule has 160 valence electrons. The first-order valence-electron chi connectivity index (χ1n) is 9.93. The second kappa shape index (κ2) is 9.08. The van der Waals surface area contributed by atoms with Crippen LogP contribution in [0.5, 0.6) is 5.75 Å². The van der Waals surface area contributed by atoms with Crippen molar-refractivity contribution in [3.05, 3.63) is 105 Å². The van der Waals surface area contributed by atoms with Gasteiger partial charge < -0.3 is 15.4 Å². The zero-order valence-electron chi connectivity index (χ0n) is 17.2. The molecule has 32 heavy (non-hydrogen) atoms. The molecular formula is C25H20ClN3O3. The second-order valence-electron chi connectivity index (χ2n) is 7.37. The molecule has 4 rings (SSSR count). The van der Waals surface area contributed by atoms with Gasteiger partial charge >= 0.3 is 5.69 Å². The Hall–Kier alpha value is -3.90. The van der Waals surface area contributed by atoms with E-state index in [9.17, 15) is 14.7 Å². The number of hydrogen-bond acceptors (Lipinski definition) is 4. The first-order chi connectivity index (χ1) is 15.4. The Morgan fingerprint density at radius 2 is 1.69 bits per heavy atom. The molecule has 1 heterocycles. The van der Waals surface area contributed by atoms with Crippen LogP contribution in [-0.2, 0) is 6.54 Å². The van der Waals surface area contributed by atoms with Gasteiger partial charge in [0.2, 0.25) is 0 Å². The molecule has 7 heteroatoms. The lowest BCUT2D eigenvalue weighted by atomic mass is 10.0. The number of nitrogens with one attached hydrogen (secondary N) is 2. The summed E-state index contributed by atoms with van der Waals surface area (Å²) < 4.78 is 0. The van der Waals surface area contributed by atoms with E-state index < -0.39 is 5.69 Å². The lowest BCUT2D eigenvalue weighted by Gasteiger charge is -2.08. The van der Waals surface area contributed by atoms with E-state index in [1.165, 1.54) is 0 Å². The molecule has 3 N–H and O–H groups in total. The summed E-state index contributed by atoms with van der Waals surface area (Å²) in [6.45, 7) is 2.18. The zero-order chi connectivity index (χ0) is 22.7. The van der Waals surface area contributed by atoms with Crippen LogP contribution in [0.4, 0.5) is 0 Å². The second-order valence-corrected chi connectivity index (χ2v) is 7.81. The van der Waals surface area contributed by atoms with Gasteiger partial charge in [0.25, 0.3) is 5.91 Å². The summed E-state index contributed by atoms with van der Waals surface area (Å²) in [5.41, 5.74) is 4.23. The molecule has 0 aliphatic carbocycles. The van der Waals surface area contributed by atoms with Crippen LogP contribution >= 0.6 is 11.6 Å². The van der Waals surface area contributed by atoms with E-state index in [4.69, 9.17) is 11.6 Å². The molecule has 4 aromatic rings. The summed E-state index contributed by atoms with van der Waals surface area (Å²) in [6, 6.07) is 21.1. The van der Waals surface area contributed by atoms with Crippen molar-refractivity contribution in [2.75, 3.05) is 0 Å². The molecule has 1 amide bonds. The van der Waals surface area contributed by atoms with Gasteiger partial charge in [-0.2, -0.15) is 4.98 Å². The van der Waals surface area contributed by atoms with Crippen molar-refractivity contribution in [3.8, 4) is 28.3 Å². The van der Waals surface area contributed by atoms with Gasteiger partial charge in [-0.1, -0.05) is 35.9 Å². The van der Waals surface area contributed by atoms with Crippen LogP contribution < -0.4 is 11.0 Å². The molecule has 0 saturated carbocycles. The molecule has 0 saturated heterocycles. The van der Waals surface area contributed by atoms with E-state index >= 15 is 0 Å². The Kier molecular flexibility index (Phi) is 6.05.